The van der Waals surface area contributed by atoms with Gasteiger partial charge in [-0.15, -0.1) is 0 Å². The Kier molecular flexibility index (Phi) is 3.18. The fourth-order valence-corrected chi connectivity index (χ4v) is 1.70. The first-order valence-corrected chi connectivity index (χ1v) is 5.10. The summed E-state index contributed by atoms with van der Waals surface area (Å²) in [7, 11) is -1.57. The standard InChI is InChI=1S/C9H13BN2O3/c13-10(14)8-5-12-9(6-11-8)15-7-3-1-2-4-7/h5-7,13-14H,1-4H2. The third-order valence-corrected chi connectivity index (χ3v) is 2.50. The van der Waals surface area contributed by atoms with E-state index in [1.165, 1.54) is 25.2 Å². The largest absolute Gasteiger partial charge is 0.509 e. The molecule has 1 aliphatic carbocycles. The molecule has 1 heterocycles. The number of hydrogen-bond donors (Lipinski definition) is 2. The Morgan fingerprint density at radius 2 is 1.93 bits per heavy atom. The minimum Gasteiger partial charge on any atom is -0.473 e. The van der Waals surface area contributed by atoms with Gasteiger partial charge in [0, 0.05) is 6.20 Å². The molecule has 0 saturated heterocycles. The molecule has 15 heavy (non-hydrogen) atoms. The SMILES string of the molecule is OB(O)c1cnc(OC2CCCC2)cn1. The predicted molar refractivity (Wildman–Crippen MR) is 54.7 cm³/mol. The minimum atomic E-state index is -1.57. The lowest BCUT2D eigenvalue weighted by molar-refractivity contribution is 0.200. The van der Waals surface area contributed by atoms with Crippen LogP contribution in [0.2, 0.25) is 0 Å². The van der Waals surface area contributed by atoms with E-state index < -0.39 is 7.12 Å². The van der Waals surface area contributed by atoms with Gasteiger partial charge in [0.05, 0.1) is 11.8 Å². The van der Waals surface area contributed by atoms with Gasteiger partial charge in [-0.25, -0.2) is 4.98 Å². The highest BCUT2D eigenvalue weighted by Gasteiger charge is 2.18. The number of rotatable bonds is 3. The van der Waals surface area contributed by atoms with Crippen LogP contribution in [0.5, 0.6) is 5.88 Å². The van der Waals surface area contributed by atoms with Crippen molar-refractivity contribution in [3.63, 3.8) is 0 Å². The Bertz CT molecular complexity index is 312. The first-order chi connectivity index (χ1) is 7.25. The van der Waals surface area contributed by atoms with Gasteiger partial charge in [0.1, 0.15) is 6.10 Å². The topological polar surface area (TPSA) is 75.5 Å². The van der Waals surface area contributed by atoms with Crippen LogP contribution in [0.4, 0.5) is 0 Å². The van der Waals surface area contributed by atoms with E-state index in [1.807, 2.05) is 0 Å². The summed E-state index contributed by atoms with van der Waals surface area (Å²) >= 11 is 0. The molecular formula is C9H13BN2O3. The number of ether oxygens (including phenoxy) is 1. The zero-order valence-corrected chi connectivity index (χ0v) is 8.33. The summed E-state index contributed by atoms with van der Waals surface area (Å²) in [5.74, 6) is 0.450. The summed E-state index contributed by atoms with van der Waals surface area (Å²) in [5.41, 5.74) is 0.133. The van der Waals surface area contributed by atoms with Gasteiger partial charge in [0.15, 0.2) is 0 Å². The molecule has 0 unspecified atom stereocenters. The summed E-state index contributed by atoms with van der Waals surface area (Å²) in [6.07, 6.45) is 7.50. The van der Waals surface area contributed by atoms with Crippen LogP contribution in [-0.4, -0.2) is 33.2 Å². The average molecular weight is 208 g/mol. The molecule has 1 aromatic rings. The number of aromatic nitrogens is 2. The quantitative estimate of drug-likeness (QED) is 0.653. The first kappa shape index (κ1) is 10.4. The highest BCUT2D eigenvalue weighted by atomic mass is 16.5. The third-order valence-electron chi connectivity index (χ3n) is 2.50. The van der Waals surface area contributed by atoms with Crippen molar-refractivity contribution in [2.75, 3.05) is 0 Å². The van der Waals surface area contributed by atoms with E-state index in [2.05, 4.69) is 9.97 Å². The molecule has 2 N–H and O–H groups in total. The molecule has 0 spiro atoms. The van der Waals surface area contributed by atoms with E-state index in [-0.39, 0.29) is 11.7 Å². The van der Waals surface area contributed by atoms with Crippen molar-refractivity contribution in [1.29, 1.82) is 0 Å². The van der Waals surface area contributed by atoms with Gasteiger partial charge in [0.2, 0.25) is 5.88 Å². The average Bonchev–Trinajstić information content (AvgIpc) is 2.71. The summed E-state index contributed by atoms with van der Waals surface area (Å²) < 4.78 is 5.57. The maximum Gasteiger partial charge on any atom is 0.509 e. The molecule has 1 aliphatic rings. The van der Waals surface area contributed by atoms with Crippen LogP contribution < -0.4 is 10.3 Å². The second-order valence-corrected chi connectivity index (χ2v) is 3.68. The van der Waals surface area contributed by atoms with Crippen molar-refractivity contribution in [3.8, 4) is 5.88 Å². The molecule has 6 heteroatoms. The van der Waals surface area contributed by atoms with Crippen molar-refractivity contribution in [1.82, 2.24) is 9.97 Å². The molecule has 0 radical (unpaired) electrons. The van der Waals surface area contributed by atoms with Gasteiger partial charge in [-0.2, -0.15) is 0 Å². The maximum atomic E-state index is 8.81. The van der Waals surface area contributed by atoms with Gasteiger partial charge in [0.25, 0.3) is 0 Å². The van der Waals surface area contributed by atoms with Crippen LogP contribution in [0.15, 0.2) is 12.4 Å². The van der Waals surface area contributed by atoms with Crippen molar-refractivity contribution >= 4 is 12.7 Å². The molecule has 0 atom stereocenters. The highest BCUT2D eigenvalue weighted by molar-refractivity contribution is 6.57. The maximum absolute atomic E-state index is 8.81. The molecule has 0 amide bonds. The van der Waals surface area contributed by atoms with E-state index in [0.717, 1.165) is 12.8 Å². The van der Waals surface area contributed by atoms with Crippen molar-refractivity contribution in [2.24, 2.45) is 0 Å². The normalized spacial score (nSPS) is 16.7. The predicted octanol–water partition coefficient (Wildman–Crippen LogP) is -0.522. The minimum absolute atomic E-state index is 0.133. The van der Waals surface area contributed by atoms with E-state index in [0.29, 0.717) is 5.88 Å². The van der Waals surface area contributed by atoms with Gasteiger partial charge in [-0.05, 0) is 25.7 Å². The zero-order valence-electron chi connectivity index (χ0n) is 8.33. The molecular weight excluding hydrogens is 195 g/mol. The Hall–Kier alpha value is -1.14. The number of nitrogens with zero attached hydrogens (tertiary/aromatic N) is 2. The molecule has 5 nitrogen and oxygen atoms in total. The summed E-state index contributed by atoms with van der Waals surface area (Å²) in [6, 6.07) is 0. The molecule has 0 aliphatic heterocycles. The molecule has 2 rings (SSSR count). The summed E-state index contributed by atoms with van der Waals surface area (Å²) in [6.45, 7) is 0. The van der Waals surface area contributed by atoms with Gasteiger partial charge < -0.3 is 14.8 Å². The van der Waals surface area contributed by atoms with Crippen LogP contribution in [0.1, 0.15) is 25.7 Å². The second kappa shape index (κ2) is 4.59. The van der Waals surface area contributed by atoms with Gasteiger partial charge >= 0.3 is 7.12 Å². The monoisotopic (exact) mass is 208 g/mol. The fourth-order valence-electron chi connectivity index (χ4n) is 1.70. The van der Waals surface area contributed by atoms with E-state index >= 15 is 0 Å². The molecule has 0 bridgehead atoms. The van der Waals surface area contributed by atoms with E-state index in [1.54, 1.807) is 0 Å². The second-order valence-electron chi connectivity index (χ2n) is 3.68. The molecule has 80 valence electrons. The van der Waals surface area contributed by atoms with E-state index in [9.17, 15) is 0 Å². The zero-order chi connectivity index (χ0) is 10.7. The first-order valence-electron chi connectivity index (χ1n) is 5.10. The van der Waals surface area contributed by atoms with E-state index in [4.69, 9.17) is 14.8 Å². The van der Waals surface area contributed by atoms with Crippen LogP contribution in [-0.2, 0) is 0 Å². The molecule has 0 aromatic carbocycles. The van der Waals surface area contributed by atoms with Crippen molar-refractivity contribution in [3.05, 3.63) is 12.4 Å². The van der Waals surface area contributed by atoms with Crippen LogP contribution in [0, 0.1) is 0 Å². The smallest absolute Gasteiger partial charge is 0.473 e. The summed E-state index contributed by atoms with van der Waals surface area (Å²) in [5, 5.41) is 17.6. The lowest BCUT2D eigenvalue weighted by Crippen LogP contribution is -2.33. The third kappa shape index (κ3) is 2.67. The van der Waals surface area contributed by atoms with Crippen molar-refractivity contribution in [2.45, 2.75) is 31.8 Å². The lowest BCUT2D eigenvalue weighted by Gasteiger charge is -2.11. The summed E-state index contributed by atoms with van der Waals surface area (Å²) in [4.78, 5) is 7.79. The Morgan fingerprint density at radius 3 is 2.47 bits per heavy atom. The highest BCUT2D eigenvalue weighted by Crippen LogP contribution is 2.21. The Morgan fingerprint density at radius 1 is 1.20 bits per heavy atom. The van der Waals surface area contributed by atoms with Crippen LogP contribution in [0.3, 0.4) is 0 Å². The van der Waals surface area contributed by atoms with Crippen molar-refractivity contribution < 1.29 is 14.8 Å². The van der Waals surface area contributed by atoms with Gasteiger partial charge in [-0.3, -0.25) is 4.98 Å². The van der Waals surface area contributed by atoms with Crippen LogP contribution in [0.25, 0.3) is 0 Å². The Balaban J connectivity index is 1.97. The van der Waals surface area contributed by atoms with Crippen LogP contribution >= 0.6 is 0 Å². The number of hydrogen-bond acceptors (Lipinski definition) is 5. The molecule has 1 fully saturated rings. The lowest BCUT2D eigenvalue weighted by atomic mass is 9.87. The molecule has 1 saturated carbocycles. The molecule has 1 aromatic heterocycles. The van der Waals surface area contributed by atoms with Gasteiger partial charge in [-0.1, -0.05) is 0 Å². The Labute approximate surface area is 88.3 Å². The fraction of sp³-hybridized carbons (Fsp3) is 0.556.